The largest absolute Gasteiger partial charge is 0.384 e. The van der Waals surface area contributed by atoms with Crippen LogP contribution in [0.5, 0.6) is 0 Å². The third-order valence-electron chi connectivity index (χ3n) is 1.96. The van der Waals surface area contributed by atoms with Crippen LogP contribution in [0.25, 0.3) is 0 Å². The number of amides is 1. The third-order valence-corrected chi connectivity index (χ3v) is 2.27. The van der Waals surface area contributed by atoms with Crippen molar-refractivity contribution in [3.63, 3.8) is 0 Å². The molecule has 0 atom stereocenters. The van der Waals surface area contributed by atoms with Gasteiger partial charge in [-0.05, 0) is 12.1 Å². The number of hydrogen-bond donors (Lipinski definition) is 3. The van der Waals surface area contributed by atoms with Gasteiger partial charge in [0.2, 0.25) is 0 Å². The number of nitrogens with two attached hydrogens (primary N) is 1. The quantitative estimate of drug-likeness (QED) is 0.731. The SMILES string of the molecule is Nc1ccc(Cl)c(C(=O)NCc2ncn[nH]2)n1. The molecule has 0 saturated carbocycles. The van der Waals surface area contributed by atoms with E-state index in [4.69, 9.17) is 17.3 Å². The molecule has 2 heterocycles. The van der Waals surface area contributed by atoms with Gasteiger partial charge in [0.25, 0.3) is 5.91 Å². The van der Waals surface area contributed by atoms with E-state index < -0.39 is 5.91 Å². The zero-order valence-corrected chi connectivity index (χ0v) is 9.40. The highest BCUT2D eigenvalue weighted by molar-refractivity contribution is 6.33. The van der Waals surface area contributed by atoms with E-state index in [1.54, 1.807) is 0 Å². The zero-order chi connectivity index (χ0) is 12.3. The fraction of sp³-hybridized carbons (Fsp3) is 0.111. The number of nitrogens with zero attached hydrogens (tertiary/aromatic N) is 3. The highest BCUT2D eigenvalue weighted by Gasteiger charge is 2.12. The molecule has 0 spiro atoms. The van der Waals surface area contributed by atoms with Crippen molar-refractivity contribution in [1.29, 1.82) is 0 Å². The monoisotopic (exact) mass is 252 g/mol. The van der Waals surface area contributed by atoms with Crippen LogP contribution >= 0.6 is 11.6 Å². The number of carbonyl (C=O) groups is 1. The van der Waals surface area contributed by atoms with Gasteiger partial charge in [-0.2, -0.15) is 5.10 Å². The predicted molar refractivity (Wildman–Crippen MR) is 61.2 cm³/mol. The third kappa shape index (κ3) is 2.70. The fourth-order valence-corrected chi connectivity index (χ4v) is 1.37. The van der Waals surface area contributed by atoms with Crippen LogP contribution in [0.4, 0.5) is 5.82 Å². The molecule has 0 aromatic carbocycles. The van der Waals surface area contributed by atoms with Gasteiger partial charge in [-0.1, -0.05) is 11.6 Å². The van der Waals surface area contributed by atoms with Crippen LogP contribution in [0, 0.1) is 0 Å². The van der Waals surface area contributed by atoms with Gasteiger partial charge in [0.15, 0.2) is 0 Å². The van der Waals surface area contributed by atoms with E-state index in [-0.39, 0.29) is 23.1 Å². The summed E-state index contributed by atoms with van der Waals surface area (Å²) >= 11 is 5.84. The van der Waals surface area contributed by atoms with Crippen LogP contribution in [0.2, 0.25) is 5.02 Å². The first-order valence-electron chi connectivity index (χ1n) is 4.71. The number of hydrogen-bond acceptors (Lipinski definition) is 5. The second-order valence-corrected chi connectivity index (χ2v) is 3.59. The Labute approximate surface area is 101 Å². The Kier molecular flexibility index (Phi) is 3.20. The molecule has 17 heavy (non-hydrogen) atoms. The number of H-pyrrole nitrogens is 1. The minimum Gasteiger partial charge on any atom is -0.384 e. The summed E-state index contributed by atoms with van der Waals surface area (Å²) in [6.07, 6.45) is 1.35. The molecule has 0 fully saturated rings. The molecule has 0 bridgehead atoms. The van der Waals surface area contributed by atoms with Crippen molar-refractivity contribution >= 4 is 23.3 Å². The minimum absolute atomic E-state index is 0.0891. The normalized spacial score (nSPS) is 10.2. The highest BCUT2D eigenvalue weighted by Crippen LogP contribution is 2.14. The molecule has 0 radical (unpaired) electrons. The van der Waals surface area contributed by atoms with E-state index >= 15 is 0 Å². The molecule has 4 N–H and O–H groups in total. The van der Waals surface area contributed by atoms with E-state index in [1.807, 2.05) is 0 Å². The summed E-state index contributed by atoms with van der Waals surface area (Å²) in [6, 6.07) is 3.04. The lowest BCUT2D eigenvalue weighted by Crippen LogP contribution is -2.25. The molecule has 2 aromatic heterocycles. The first-order valence-corrected chi connectivity index (χ1v) is 5.09. The standard InChI is InChI=1S/C9H9ClN6O/c10-5-1-2-6(11)15-8(5)9(17)12-3-7-13-4-14-16-7/h1-2,4H,3H2,(H2,11,15)(H,12,17)(H,13,14,16). The predicted octanol–water partition coefficient (Wildman–Crippen LogP) is 0.365. The van der Waals surface area contributed by atoms with Crippen LogP contribution in [0.1, 0.15) is 16.3 Å². The summed E-state index contributed by atoms with van der Waals surface area (Å²) in [5.41, 5.74) is 5.57. The lowest BCUT2D eigenvalue weighted by Gasteiger charge is -2.04. The van der Waals surface area contributed by atoms with E-state index in [0.717, 1.165) is 0 Å². The van der Waals surface area contributed by atoms with Crippen molar-refractivity contribution in [1.82, 2.24) is 25.5 Å². The number of nitrogen functional groups attached to an aromatic ring is 1. The highest BCUT2D eigenvalue weighted by atomic mass is 35.5. The number of rotatable bonds is 3. The van der Waals surface area contributed by atoms with E-state index in [2.05, 4.69) is 25.5 Å². The Morgan fingerprint density at radius 1 is 1.53 bits per heavy atom. The van der Waals surface area contributed by atoms with Crippen molar-refractivity contribution in [3.05, 3.63) is 35.0 Å². The number of pyridine rings is 1. The fourth-order valence-electron chi connectivity index (χ4n) is 1.18. The van der Waals surface area contributed by atoms with Crippen molar-refractivity contribution in [3.8, 4) is 0 Å². The molecule has 0 aliphatic heterocycles. The number of carbonyl (C=O) groups excluding carboxylic acids is 1. The smallest absolute Gasteiger partial charge is 0.271 e. The number of anilines is 1. The Morgan fingerprint density at radius 3 is 3.06 bits per heavy atom. The van der Waals surface area contributed by atoms with Gasteiger partial charge < -0.3 is 11.1 Å². The van der Waals surface area contributed by atoms with Crippen molar-refractivity contribution in [2.24, 2.45) is 0 Å². The summed E-state index contributed by atoms with van der Waals surface area (Å²) in [5.74, 6) is 0.358. The first kappa shape index (κ1) is 11.3. The number of aromatic nitrogens is 4. The molecular formula is C9H9ClN6O. The maximum absolute atomic E-state index is 11.7. The summed E-state index contributed by atoms with van der Waals surface area (Å²) < 4.78 is 0. The van der Waals surface area contributed by atoms with E-state index in [0.29, 0.717) is 5.82 Å². The van der Waals surface area contributed by atoms with Gasteiger partial charge in [0.1, 0.15) is 23.7 Å². The number of aromatic amines is 1. The molecule has 2 rings (SSSR count). The van der Waals surface area contributed by atoms with Gasteiger partial charge in [-0.15, -0.1) is 0 Å². The molecule has 0 aliphatic rings. The van der Waals surface area contributed by atoms with E-state index in [9.17, 15) is 4.79 Å². The second kappa shape index (κ2) is 4.79. The van der Waals surface area contributed by atoms with Gasteiger partial charge >= 0.3 is 0 Å². The van der Waals surface area contributed by atoms with Crippen molar-refractivity contribution < 1.29 is 4.79 Å². The zero-order valence-electron chi connectivity index (χ0n) is 8.64. The van der Waals surface area contributed by atoms with Crippen LogP contribution in [-0.2, 0) is 6.54 Å². The maximum Gasteiger partial charge on any atom is 0.271 e. The molecule has 2 aromatic rings. The van der Waals surface area contributed by atoms with Crippen LogP contribution in [0.15, 0.2) is 18.5 Å². The molecule has 88 valence electrons. The molecule has 0 saturated heterocycles. The van der Waals surface area contributed by atoms with E-state index in [1.165, 1.54) is 18.5 Å². The summed E-state index contributed by atoms with van der Waals surface area (Å²) in [4.78, 5) is 19.5. The lowest BCUT2D eigenvalue weighted by molar-refractivity contribution is 0.0945. The van der Waals surface area contributed by atoms with Gasteiger partial charge in [-0.3, -0.25) is 9.89 Å². The molecule has 8 heteroatoms. The maximum atomic E-state index is 11.7. The van der Waals surface area contributed by atoms with Crippen LogP contribution < -0.4 is 11.1 Å². The molecule has 7 nitrogen and oxygen atoms in total. The average Bonchev–Trinajstić information content (AvgIpc) is 2.82. The average molecular weight is 253 g/mol. The van der Waals surface area contributed by atoms with Crippen molar-refractivity contribution in [2.45, 2.75) is 6.54 Å². The summed E-state index contributed by atoms with van der Waals surface area (Å²) in [6.45, 7) is 0.214. The lowest BCUT2D eigenvalue weighted by atomic mass is 10.3. The first-order chi connectivity index (χ1) is 8.16. The Bertz CT molecular complexity index is 526. The van der Waals surface area contributed by atoms with Crippen molar-refractivity contribution in [2.75, 3.05) is 5.73 Å². The van der Waals surface area contributed by atoms with Crippen LogP contribution in [0.3, 0.4) is 0 Å². The Balaban J connectivity index is 2.07. The van der Waals surface area contributed by atoms with Crippen LogP contribution in [-0.4, -0.2) is 26.1 Å². The summed E-state index contributed by atoms with van der Waals surface area (Å²) in [7, 11) is 0. The Morgan fingerprint density at radius 2 is 2.35 bits per heavy atom. The molecule has 0 aliphatic carbocycles. The number of nitrogens with one attached hydrogen (secondary N) is 2. The molecule has 0 unspecified atom stereocenters. The van der Waals surface area contributed by atoms with Gasteiger partial charge in [0, 0.05) is 0 Å². The Hall–Kier alpha value is -2.15. The summed E-state index contributed by atoms with van der Waals surface area (Å²) in [5, 5.41) is 9.11. The second-order valence-electron chi connectivity index (χ2n) is 3.18. The minimum atomic E-state index is -0.418. The molecule has 1 amide bonds. The number of halogens is 1. The topological polar surface area (TPSA) is 110 Å². The van der Waals surface area contributed by atoms with Gasteiger partial charge in [0.05, 0.1) is 11.6 Å². The molecular weight excluding hydrogens is 244 g/mol. The van der Waals surface area contributed by atoms with Gasteiger partial charge in [-0.25, -0.2) is 9.97 Å².